The van der Waals surface area contributed by atoms with Crippen LogP contribution in [-0.4, -0.2) is 14.9 Å². The summed E-state index contributed by atoms with van der Waals surface area (Å²) < 4.78 is 2.64. The number of hydrogen-bond donors (Lipinski definition) is 1. The fourth-order valence-corrected chi connectivity index (χ4v) is 2.96. The lowest BCUT2D eigenvalue weighted by Crippen LogP contribution is -2.11. The Kier molecular flexibility index (Phi) is 5.49. The van der Waals surface area contributed by atoms with E-state index in [1.54, 1.807) is 18.3 Å². The molecule has 0 bridgehead atoms. The van der Waals surface area contributed by atoms with Crippen LogP contribution >= 0.6 is 39.1 Å². The first-order valence-electron chi connectivity index (χ1n) is 6.36. The van der Waals surface area contributed by atoms with Crippen LogP contribution < -0.4 is 0 Å². The van der Waals surface area contributed by atoms with Crippen LogP contribution in [0, 0.1) is 0 Å². The van der Waals surface area contributed by atoms with E-state index >= 15 is 0 Å². The molecule has 20 heavy (non-hydrogen) atoms. The van der Waals surface area contributed by atoms with Crippen molar-refractivity contribution in [3.8, 4) is 0 Å². The summed E-state index contributed by atoms with van der Waals surface area (Å²) in [5, 5.41) is 15.7. The highest BCUT2D eigenvalue weighted by molar-refractivity contribution is 9.10. The molecule has 2 aromatic rings. The minimum Gasteiger partial charge on any atom is -0.386 e. The van der Waals surface area contributed by atoms with Crippen LogP contribution in [0.2, 0.25) is 10.0 Å². The molecule has 6 heteroatoms. The van der Waals surface area contributed by atoms with Crippen LogP contribution in [0.15, 0.2) is 28.9 Å². The van der Waals surface area contributed by atoms with E-state index in [4.69, 9.17) is 23.2 Å². The second-order valence-corrected chi connectivity index (χ2v) is 6.24. The van der Waals surface area contributed by atoms with E-state index in [0.29, 0.717) is 16.5 Å². The molecule has 1 atom stereocenters. The van der Waals surface area contributed by atoms with Crippen LogP contribution in [0.1, 0.15) is 30.7 Å². The zero-order valence-electron chi connectivity index (χ0n) is 11.0. The average molecular weight is 378 g/mol. The molecule has 0 aliphatic carbocycles. The summed E-state index contributed by atoms with van der Waals surface area (Å²) in [6.45, 7) is 2.85. The summed E-state index contributed by atoms with van der Waals surface area (Å²) in [4.78, 5) is 0. The minimum atomic E-state index is -0.643. The number of aliphatic hydroxyl groups is 1. The highest BCUT2D eigenvalue weighted by atomic mass is 79.9. The Bertz CT molecular complexity index is 601. The van der Waals surface area contributed by atoms with Gasteiger partial charge in [-0.05, 0) is 40.0 Å². The molecule has 0 spiro atoms. The molecule has 108 valence electrons. The van der Waals surface area contributed by atoms with Gasteiger partial charge in [0.1, 0.15) is 6.10 Å². The number of rotatable bonds is 5. The van der Waals surface area contributed by atoms with Gasteiger partial charge in [-0.25, -0.2) is 0 Å². The van der Waals surface area contributed by atoms with Crippen molar-refractivity contribution in [3.05, 3.63) is 50.2 Å². The Balaban J connectivity index is 2.21. The van der Waals surface area contributed by atoms with Gasteiger partial charge in [-0.2, -0.15) is 5.10 Å². The topological polar surface area (TPSA) is 38.0 Å². The molecule has 1 unspecified atom stereocenters. The SMILES string of the molecule is CCCn1ncc(Br)c1C(O)Cc1ccc(Cl)c(Cl)c1. The van der Waals surface area contributed by atoms with Crippen molar-refractivity contribution in [2.24, 2.45) is 0 Å². The lowest BCUT2D eigenvalue weighted by atomic mass is 10.1. The first-order valence-corrected chi connectivity index (χ1v) is 7.91. The Morgan fingerprint density at radius 3 is 2.75 bits per heavy atom. The van der Waals surface area contributed by atoms with Crippen molar-refractivity contribution in [1.82, 2.24) is 9.78 Å². The van der Waals surface area contributed by atoms with Gasteiger partial charge in [0.15, 0.2) is 0 Å². The minimum absolute atomic E-state index is 0.463. The Hall–Kier alpha value is -0.550. The second kappa shape index (κ2) is 6.94. The molecule has 1 N–H and O–H groups in total. The molecule has 0 saturated carbocycles. The predicted molar refractivity (Wildman–Crippen MR) is 85.3 cm³/mol. The van der Waals surface area contributed by atoms with E-state index in [1.165, 1.54) is 0 Å². The standard InChI is InChI=1S/C14H15BrCl2N2O/c1-2-5-19-14(10(15)8-18-19)13(20)7-9-3-4-11(16)12(17)6-9/h3-4,6,8,13,20H,2,5,7H2,1H3. The van der Waals surface area contributed by atoms with Crippen LogP contribution in [0.3, 0.4) is 0 Å². The molecule has 1 heterocycles. The number of aromatic nitrogens is 2. The smallest absolute Gasteiger partial charge is 0.101 e. The molecular weight excluding hydrogens is 363 g/mol. The van der Waals surface area contributed by atoms with E-state index in [2.05, 4.69) is 28.0 Å². The number of hydrogen-bond acceptors (Lipinski definition) is 2. The zero-order chi connectivity index (χ0) is 14.7. The zero-order valence-corrected chi connectivity index (χ0v) is 14.1. The molecule has 0 saturated heterocycles. The van der Waals surface area contributed by atoms with Gasteiger partial charge in [0.25, 0.3) is 0 Å². The molecule has 2 rings (SSSR count). The third-order valence-electron chi connectivity index (χ3n) is 3.00. The van der Waals surface area contributed by atoms with Crippen molar-refractivity contribution in [3.63, 3.8) is 0 Å². The third-order valence-corrected chi connectivity index (χ3v) is 4.35. The summed E-state index contributed by atoms with van der Waals surface area (Å²) >= 11 is 15.3. The van der Waals surface area contributed by atoms with Gasteiger partial charge in [-0.3, -0.25) is 4.68 Å². The van der Waals surface area contributed by atoms with Crippen LogP contribution in [-0.2, 0) is 13.0 Å². The molecule has 0 aliphatic heterocycles. The van der Waals surface area contributed by atoms with Crippen molar-refractivity contribution in [1.29, 1.82) is 0 Å². The van der Waals surface area contributed by atoms with Gasteiger partial charge < -0.3 is 5.11 Å². The van der Waals surface area contributed by atoms with E-state index in [9.17, 15) is 5.11 Å². The van der Waals surface area contributed by atoms with Gasteiger partial charge >= 0.3 is 0 Å². The number of aryl methyl sites for hydroxylation is 1. The maximum absolute atomic E-state index is 10.4. The van der Waals surface area contributed by atoms with Gasteiger partial charge in [0.2, 0.25) is 0 Å². The number of benzene rings is 1. The van der Waals surface area contributed by atoms with Gasteiger partial charge in [-0.1, -0.05) is 36.2 Å². The van der Waals surface area contributed by atoms with Gasteiger partial charge in [0, 0.05) is 13.0 Å². The monoisotopic (exact) mass is 376 g/mol. The van der Waals surface area contributed by atoms with Crippen molar-refractivity contribution in [2.45, 2.75) is 32.4 Å². The Morgan fingerprint density at radius 1 is 1.35 bits per heavy atom. The maximum Gasteiger partial charge on any atom is 0.101 e. The van der Waals surface area contributed by atoms with E-state index < -0.39 is 6.10 Å². The fraction of sp³-hybridized carbons (Fsp3) is 0.357. The lowest BCUT2D eigenvalue weighted by Gasteiger charge is -2.14. The van der Waals surface area contributed by atoms with Crippen molar-refractivity contribution in [2.75, 3.05) is 0 Å². The number of aliphatic hydroxyl groups excluding tert-OH is 1. The van der Waals surface area contributed by atoms with Crippen LogP contribution in [0.5, 0.6) is 0 Å². The number of halogens is 3. The van der Waals surface area contributed by atoms with Gasteiger partial charge in [0.05, 0.1) is 26.4 Å². The molecule has 0 fully saturated rings. The maximum atomic E-state index is 10.4. The van der Waals surface area contributed by atoms with E-state index in [0.717, 1.165) is 28.7 Å². The normalized spacial score (nSPS) is 12.7. The largest absolute Gasteiger partial charge is 0.386 e. The molecule has 0 amide bonds. The molecule has 3 nitrogen and oxygen atoms in total. The molecule has 1 aromatic carbocycles. The van der Waals surface area contributed by atoms with Crippen LogP contribution in [0.25, 0.3) is 0 Å². The Labute approximate surface area is 136 Å². The molecule has 0 radical (unpaired) electrons. The summed E-state index contributed by atoms with van der Waals surface area (Å²) in [5.74, 6) is 0. The number of nitrogens with zero attached hydrogens (tertiary/aromatic N) is 2. The highest BCUT2D eigenvalue weighted by Crippen LogP contribution is 2.29. The summed E-state index contributed by atoms with van der Waals surface area (Å²) in [5.41, 5.74) is 1.72. The van der Waals surface area contributed by atoms with E-state index in [-0.39, 0.29) is 0 Å². The first-order chi connectivity index (χ1) is 9.52. The summed E-state index contributed by atoms with van der Waals surface area (Å²) in [6.07, 6.45) is 2.49. The predicted octanol–water partition coefficient (Wildman–Crippen LogP) is 4.64. The van der Waals surface area contributed by atoms with Crippen molar-refractivity contribution < 1.29 is 5.11 Å². The molecule has 0 aliphatic rings. The summed E-state index contributed by atoms with van der Waals surface area (Å²) in [7, 11) is 0. The Morgan fingerprint density at radius 2 is 2.10 bits per heavy atom. The second-order valence-electron chi connectivity index (χ2n) is 4.57. The average Bonchev–Trinajstić information content (AvgIpc) is 2.76. The fourth-order valence-electron chi connectivity index (χ4n) is 2.08. The first kappa shape index (κ1) is 15.8. The summed E-state index contributed by atoms with van der Waals surface area (Å²) in [6, 6.07) is 5.39. The third kappa shape index (κ3) is 3.55. The van der Waals surface area contributed by atoms with Crippen LogP contribution in [0.4, 0.5) is 0 Å². The van der Waals surface area contributed by atoms with Crippen molar-refractivity contribution >= 4 is 39.1 Å². The quantitative estimate of drug-likeness (QED) is 0.824. The van der Waals surface area contributed by atoms with Gasteiger partial charge in [-0.15, -0.1) is 0 Å². The molecule has 1 aromatic heterocycles. The van der Waals surface area contributed by atoms with E-state index in [1.807, 2.05) is 10.7 Å². The lowest BCUT2D eigenvalue weighted by molar-refractivity contribution is 0.166. The highest BCUT2D eigenvalue weighted by Gasteiger charge is 2.18. The molecular formula is C14H15BrCl2N2O.